The topological polar surface area (TPSA) is 29.5 Å². The van der Waals surface area contributed by atoms with E-state index in [0.717, 1.165) is 31.5 Å². The van der Waals surface area contributed by atoms with Gasteiger partial charge in [-0.05, 0) is 43.6 Å². The molecular formula is C18H18ClNO2. The summed E-state index contributed by atoms with van der Waals surface area (Å²) in [5, 5.41) is 0.448. The second kappa shape index (κ2) is 6.95. The van der Waals surface area contributed by atoms with E-state index in [2.05, 4.69) is 4.90 Å². The largest absolute Gasteiger partial charge is 0.424 e. The zero-order chi connectivity index (χ0) is 15.4. The Morgan fingerprint density at radius 1 is 1.00 bits per heavy atom. The molecule has 0 radical (unpaired) electrons. The maximum absolute atomic E-state index is 12.7. The fourth-order valence-electron chi connectivity index (χ4n) is 2.82. The van der Waals surface area contributed by atoms with Crippen molar-refractivity contribution < 1.29 is 9.53 Å². The average Bonchev–Trinajstić information content (AvgIpc) is 3.05. The molecule has 1 saturated heterocycles. The lowest BCUT2D eigenvalue weighted by Crippen LogP contribution is -2.34. The Labute approximate surface area is 135 Å². The van der Waals surface area contributed by atoms with Crippen LogP contribution >= 0.6 is 11.6 Å². The van der Waals surface area contributed by atoms with E-state index in [1.165, 1.54) is 0 Å². The number of nitrogens with zero attached hydrogens (tertiary/aromatic N) is 1. The van der Waals surface area contributed by atoms with Gasteiger partial charge in [0.1, 0.15) is 11.8 Å². The zero-order valence-electron chi connectivity index (χ0n) is 12.2. The first-order chi connectivity index (χ1) is 10.8. The molecular weight excluding hydrogens is 298 g/mol. The highest BCUT2D eigenvalue weighted by molar-refractivity contribution is 6.32. The van der Waals surface area contributed by atoms with Gasteiger partial charge in [-0.3, -0.25) is 4.90 Å². The van der Waals surface area contributed by atoms with Crippen molar-refractivity contribution in [1.29, 1.82) is 0 Å². The Kier molecular flexibility index (Phi) is 4.76. The minimum Gasteiger partial charge on any atom is -0.424 e. The molecule has 0 aliphatic carbocycles. The SMILES string of the molecule is O=C(Oc1ccccc1Cl)C(c1ccccc1)N1CCCC1. The smallest absolute Gasteiger partial charge is 0.333 e. The number of hydrogen-bond acceptors (Lipinski definition) is 3. The third-order valence-electron chi connectivity index (χ3n) is 3.89. The monoisotopic (exact) mass is 315 g/mol. The van der Waals surface area contributed by atoms with E-state index in [1.54, 1.807) is 12.1 Å². The zero-order valence-corrected chi connectivity index (χ0v) is 13.0. The van der Waals surface area contributed by atoms with Gasteiger partial charge in [0.25, 0.3) is 0 Å². The molecule has 4 heteroatoms. The lowest BCUT2D eigenvalue weighted by molar-refractivity contribution is -0.140. The molecule has 0 N–H and O–H groups in total. The van der Waals surface area contributed by atoms with Crippen molar-refractivity contribution in [3.05, 3.63) is 65.2 Å². The molecule has 0 amide bonds. The second-order valence-corrected chi connectivity index (χ2v) is 5.82. The highest BCUT2D eigenvalue weighted by atomic mass is 35.5. The highest BCUT2D eigenvalue weighted by Crippen LogP contribution is 2.29. The molecule has 0 saturated carbocycles. The van der Waals surface area contributed by atoms with Crippen LogP contribution in [0.15, 0.2) is 54.6 Å². The Morgan fingerprint density at radius 3 is 2.32 bits per heavy atom. The number of carbonyl (C=O) groups excluding carboxylic acids is 1. The summed E-state index contributed by atoms with van der Waals surface area (Å²) in [6, 6.07) is 16.5. The van der Waals surface area contributed by atoms with Gasteiger partial charge < -0.3 is 4.74 Å². The van der Waals surface area contributed by atoms with Gasteiger partial charge in [-0.2, -0.15) is 0 Å². The summed E-state index contributed by atoms with van der Waals surface area (Å²) in [6.07, 6.45) is 2.23. The first kappa shape index (κ1) is 15.1. The summed E-state index contributed by atoms with van der Waals surface area (Å²) in [5.41, 5.74) is 0.960. The summed E-state index contributed by atoms with van der Waals surface area (Å²) < 4.78 is 5.56. The van der Waals surface area contributed by atoms with Gasteiger partial charge in [-0.15, -0.1) is 0 Å². The van der Waals surface area contributed by atoms with Crippen molar-refractivity contribution in [3.8, 4) is 5.75 Å². The molecule has 114 valence electrons. The van der Waals surface area contributed by atoms with E-state index in [1.807, 2.05) is 42.5 Å². The molecule has 3 rings (SSSR count). The van der Waals surface area contributed by atoms with Gasteiger partial charge >= 0.3 is 5.97 Å². The first-order valence-corrected chi connectivity index (χ1v) is 7.89. The summed E-state index contributed by atoms with van der Waals surface area (Å²) in [5.74, 6) is 0.135. The number of carbonyl (C=O) groups is 1. The molecule has 0 aromatic heterocycles. The summed E-state index contributed by atoms with van der Waals surface area (Å²) in [6.45, 7) is 1.83. The van der Waals surface area contributed by atoms with E-state index in [4.69, 9.17) is 16.3 Å². The molecule has 1 aliphatic heterocycles. The van der Waals surface area contributed by atoms with E-state index in [9.17, 15) is 4.79 Å². The van der Waals surface area contributed by atoms with Crippen LogP contribution in [-0.2, 0) is 4.79 Å². The fraction of sp³-hybridized carbons (Fsp3) is 0.278. The van der Waals surface area contributed by atoms with E-state index >= 15 is 0 Å². The molecule has 0 spiro atoms. The molecule has 22 heavy (non-hydrogen) atoms. The second-order valence-electron chi connectivity index (χ2n) is 5.41. The molecule has 1 aliphatic rings. The van der Waals surface area contributed by atoms with Crippen LogP contribution in [0.5, 0.6) is 5.75 Å². The van der Waals surface area contributed by atoms with Gasteiger partial charge in [-0.25, -0.2) is 4.79 Å². The fourth-order valence-corrected chi connectivity index (χ4v) is 3.00. The van der Waals surface area contributed by atoms with E-state index in [-0.39, 0.29) is 12.0 Å². The van der Waals surface area contributed by atoms with Crippen LogP contribution in [0.1, 0.15) is 24.4 Å². The number of rotatable bonds is 4. The van der Waals surface area contributed by atoms with Crippen molar-refractivity contribution in [2.75, 3.05) is 13.1 Å². The number of benzene rings is 2. The van der Waals surface area contributed by atoms with Crippen LogP contribution in [0, 0.1) is 0 Å². The Bertz CT molecular complexity index is 639. The number of hydrogen-bond donors (Lipinski definition) is 0. The summed E-state index contributed by atoms with van der Waals surface area (Å²) in [7, 11) is 0. The number of para-hydroxylation sites is 1. The molecule has 1 heterocycles. The minimum atomic E-state index is -0.375. The average molecular weight is 316 g/mol. The lowest BCUT2D eigenvalue weighted by atomic mass is 10.1. The summed E-state index contributed by atoms with van der Waals surface area (Å²) >= 11 is 6.09. The van der Waals surface area contributed by atoms with E-state index in [0.29, 0.717) is 10.8 Å². The predicted octanol–water partition coefficient (Wildman–Crippen LogP) is 4.08. The van der Waals surface area contributed by atoms with Crippen molar-refractivity contribution >= 4 is 17.6 Å². The van der Waals surface area contributed by atoms with Gasteiger partial charge in [0.2, 0.25) is 0 Å². The standard InChI is InChI=1S/C18H18ClNO2/c19-15-10-4-5-11-16(15)22-18(21)17(20-12-6-7-13-20)14-8-2-1-3-9-14/h1-5,8-11,17H,6-7,12-13H2. The molecule has 1 atom stereocenters. The maximum Gasteiger partial charge on any atom is 0.333 e. The third kappa shape index (κ3) is 3.32. The first-order valence-electron chi connectivity index (χ1n) is 7.51. The summed E-state index contributed by atoms with van der Waals surface area (Å²) in [4.78, 5) is 14.9. The van der Waals surface area contributed by atoms with Crippen molar-refractivity contribution in [2.45, 2.75) is 18.9 Å². The Hall–Kier alpha value is -1.84. The minimum absolute atomic E-state index is 0.277. The number of halogens is 1. The molecule has 2 aromatic rings. The van der Waals surface area contributed by atoms with Crippen LogP contribution in [0.4, 0.5) is 0 Å². The van der Waals surface area contributed by atoms with Crippen LogP contribution in [-0.4, -0.2) is 24.0 Å². The maximum atomic E-state index is 12.7. The Balaban J connectivity index is 1.85. The number of ether oxygens (including phenoxy) is 1. The van der Waals surface area contributed by atoms with Crippen molar-refractivity contribution in [2.24, 2.45) is 0 Å². The molecule has 3 nitrogen and oxygen atoms in total. The van der Waals surface area contributed by atoms with Crippen LogP contribution in [0.25, 0.3) is 0 Å². The highest BCUT2D eigenvalue weighted by Gasteiger charge is 2.31. The van der Waals surface area contributed by atoms with E-state index < -0.39 is 0 Å². The van der Waals surface area contributed by atoms with Gasteiger partial charge in [-0.1, -0.05) is 54.1 Å². The van der Waals surface area contributed by atoms with Crippen LogP contribution in [0.2, 0.25) is 5.02 Å². The molecule has 1 fully saturated rings. The van der Waals surface area contributed by atoms with Crippen LogP contribution in [0.3, 0.4) is 0 Å². The predicted molar refractivity (Wildman–Crippen MR) is 87.1 cm³/mol. The molecule has 1 unspecified atom stereocenters. The normalized spacial score (nSPS) is 16.4. The van der Waals surface area contributed by atoms with Crippen molar-refractivity contribution in [1.82, 2.24) is 4.90 Å². The Morgan fingerprint density at radius 2 is 1.64 bits per heavy atom. The third-order valence-corrected chi connectivity index (χ3v) is 4.20. The van der Waals surface area contributed by atoms with Gasteiger partial charge in [0.15, 0.2) is 0 Å². The van der Waals surface area contributed by atoms with Crippen LogP contribution < -0.4 is 4.74 Å². The van der Waals surface area contributed by atoms with Crippen molar-refractivity contribution in [3.63, 3.8) is 0 Å². The van der Waals surface area contributed by atoms with Gasteiger partial charge in [0.05, 0.1) is 5.02 Å². The number of esters is 1. The molecule has 0 bridgehead atoms. The quantitative estimate of drug-likeness (QED) is 0.629. The molecule has 2 aromatic carbocycles. The lowest BCUT2D eigenvalue weighted by Gasteiger charge is -2.26. The number of likely N-dealkylation sites (tertiary alicyclic amines) is 1. The van der Waals surface area contributed by atoms with Gasteiger partial charge in [0, 0.05) is 0 Å².